The SMILES string of the molecule is C=C(/C=C\c1ccc(Cl)cc1C)/C=C/c1cccc(C(=O)CCc2ccccc2C=O)c1. The lowest BCUT2D eigenvalue weighted by atomic mass is 9.98. The predicted octanol–water partition coefficient (Wildman–Crippen LogP) is 7.56. The van der Waals surface area contributed by atoms with E-state index in [-0.39, 0.29) is 5.78 Å². The lowest BCUT2D eigenvalue weighted by Crippen LogP contribution is -2.03. The van der Waals surface area contributed by atoms with Gasteiger partial charge in [-0.25, -0.2) is 0 Å². The molecule has 0 fully saturated rings. The summed E-state index contributed by atoms with van der Waals surface area (Å²) in [7, 11) is 0. The van der Waals surface area contributed by atoms with Crippen LogP contribution in [-0.4, -0.2) is 12.1 Å². The molecule has 2 nitrogen and oxygen atoms in total. The molecule has 0 radical (unpaired) electrons. The molecule has 0 aliphatic heterocycles. The summed E-state index contributed by atoms with van der Waals surface area (Å²) >= 11 is 6.01. The van der Waals surface area contributed by atoms with Gasteiger partial charge >= 0.3 is 0 Å². The van der Waals surface area contributed by atoms with Crippen LogP contribution in [0.5, 0.6) is 0 Å². The van der Waals surface area contributed by atoms with Gasteiger partial charge in [0.1, 0.15) is 6.29 Å². The zero-order chi connectivity index (χ0) is 22.9. The van der Waals surface area contributed by atoms with Gasteiger partial charge < -0.3 is 0 Å². The van der Waals surface area contributed by atoms with Crippen molar-refractivity contribution in [2.75, 3.05) is 0 Å². The normalized spacial score (nSPS) is 11.2. The highest BCUT2D eigenvalue weighted by Crippen LogP contribution is 2.18. The number of hydrogen-bond acceptors (Lipinski definition) is 2. The first-order chi connectivity index (χ1) is 15.5. The van der Waals surface area contributed by atoms with Crippen molar-refractivity contribution in [1.29, 1.82) is 0 Å². The number of aryl methyl sites for hydroxylation is 2. The molecule has 3 heteroatoms. The van der Waals surface area contributed by atoms with E-state index in [1.165, 1.54) is 0 Å². The summed E-state index contributed by atoms with van der Waals surface area (Å²) < 4.78 is 0. The number of hydrogen-bond donors (Lipinski definition) is 0. The number of allylic oxidation sites excluding steroid dienone is 3. The number of carbonyl (C=O) groups excluding carboxylic acids is 2. The molecule has 0 bridgehead atoms. The smallest absolute Gasteiger partial charge is 0.163 e. The van der Waals surface area contributed by atoms with Crippen molar-refractivity contribution < 1.29 is 9.59 Å². The molecule has 3 aromatic rings. The summed E-state index contributed by atoms with van der Waals surface area (Å²) in [6.07, 6.45) is 9.56. The minimum atomic E-state index is 0.0536. The van der Waals surface area contributed by atoms with E-state index in [0.717, 1.165) is 39.1 Å². The van der Waals surface area contributed by atoms with Crippen LogP contribution < -0.4 is 0 Å². The topological polar surface area (TPSA) is 34.1 Å². The molecule has 0 amide bonds. The third-order valence-corrected chi connectivity index (χ3v) is 5.45. The van der Waals surface area contributed by atoms with Crippen molar-refractivity contribution in [2.24, 2.45) is 0 Å². The number of rotatable bonds is 9. The highest BCUT2D eigenvalue weighted by Gasteiger charge is 2.08. The Morgan fingerprint density at radius 3 is 2.50 bits per heavy atom. The summed E-state index contributed by atoms with van der Waals surface area (Å²) in [6.45, 7) is 6.09. The first kappa shape index (κ1) is 23.2. The quantitative estimate of drug-likeness (QED) is 0.195. The monoisotopic (exact) mass is 440 g/mol. The average Bonchev–Trinajstić information content (AvgIpc) is 2.81. The van der Waals surface area contributed by atoms with Crippen molar-refractivity contribution in [2.45, 2.75) is 19.8 Å². The van der Waals surface area contributed by atoms with Gasteiger partial charge in [-0.15, -0.1) is 0 Å². The number of ketones is 1. The fourth-order valence-electron chi connectivity index (χ4n) is 3.37. The standard InChI is InChI=1S/C29H25ClO2/c1-21(11-13-24-14-16-28(30)18-22(24)2)10-12-23-6-5-9-26(19-23)29(32)17-15-25-7-3-4-8-27(25)20-31/h3-14,16,18-20H,1,15,17H2,2H3/b12-10+,13-11-. The first-order valence-corrected chi connectivity index (χ1v) is 10.8. The van der Waals surface area contributed by atoms with Crippen LogP contribution in [0.4, 0.5) is 0 Å². The third-order valence-electron chi connectivity index (χ3n) is 5.21. The maximum Gasteiger partial charge on any atom is 0.163 e. The maximum absolute atomic E-state index is 12.7. The zero-order valence-corrected chi connectivity index (χ0v) is 18.8. The molecule has 0 aromatic heterocycles. The Bertz CT molecular complexity index is 1200. The fourth-order valence-corrected chi connectivity index (χ4v) is 3.59. The average molecular weight is 441 g/mol. The minimum Gasteiger partial charge on any atom is -0.298 e. The molecular weight excluding hydrogens is 416 g/mol. The van der Waals surface area contributed by atoms with Gasteiger partial charge in [0.25, 0.3) is 0 Å². The van der Waals surface area contributed by atoms with Gasteiger partial charge in [-0.05, 0) is 59.4 Å². The Morgan fingerprint density at radius 1 is 0.938 bits per heavy atom. The molecule has 3 rings (SSSR count). The van der Waals surface area contributed by atoms with Crippen LogP contribution in [0.15, 0.2) is 91.0 Å². The molecule has 0 saturated heterocycles. The summed E-state index contributed by atoms with van der Waals surface area (Å²) in [5, 5.41) is 0.723. The molecule has 160 valence electrons. The van der Waals surface area contributed by atoms with E-state index in [2.05, 4.69) is 6.58 Å². The molecule has 0 N–H and O–H groups in total. The number of aldehydes is 1. The fraction of sp³-hybridized carbons (Fsp3) is 0.103. The number of halogens is 1. The van der Waals surface area contributed by atoms with Gasteiger partial charge in [-0.2, -0.15) is 0 Å². The molecule has 0 unspecified atom stereocenters. The van der Waals surface area contributed by atoms with Crippen LogP contribution in [0.3, 0.4) is 0 Å². The predicted molar refractivity (Wildman–Crippen MR) is 134 cm³/mol. The van der Waals surface area contributed by atoms with Gasteiger partial charge in [0, 0.05) is 22.6 Å². The number of Topliss-reactive ketones (excluding diaryl/α,β-unsaturated/α-hetero) is 1. The number of carbonyl (C=O) groups is 2. The van der Waals surface area contributed by atoms with Gasteiger partial charge in [-0.1, -0.05) is 91.0 Å². The van der Waals surface area contributed by atoms with Crippen LogP contribution in [0.2, 0.25) is 5.02 Å². The Labute approximate surface area is 194 Å². The Kier molecular flexibility index (Phi) is 8.13. The molecule has 0 atom stereocenters. The first-order valence-electron chi connectivity index (χ1n) is 10.4. The summed E-state index contributed by atoms with van der Waals surface area (Å²) in [5.74, 6) is 0.0536. The second-order valence-electron chi connectivity index (χ2n) is 7.61. The maximum atomic E-state index is 12.7. The Balaban J connectivity index is 1.62. The van der Waals surface area contributed by atoms with E-state index >= 15 is 0 Å². The molecule has 0 heterocycles. The molecule has 3 aromatic carbocycles. The third kappa shape index (κ3) is 6.50. The van der Waals surface area contributed by atoms with Crippen molar-refractivity contribution >= 4 is 35.8 Å². The van der Waals surface area contributed by atoms with Crippen LogP contribution in [-0.2, 0) is 6.42 Å². The van der Waals surface area contributed by atoms with Crippen molar-refractivity contribution in [3.05, 3.63) is 129 Å². The molecule has 0 spiro atoms. The Hall–Kier alpha value is -3.49. The van der Waals surface area contributed by atoms with Gasteiger partial charge in [0.15, 0.2) is 5.78 Å². The van der Waals surface area contributed by atoms with E-state index in [1.54, 1.807) is 6.07 Å². The van der Waals surface area contributed by atoms with Gasteiger partial charge in [0.2, 0.25) is 0 Å². The van der Waals surface area contributed by atoms with Crippen molar-refractivity contribution in [3.8, 4) is 0 Å². The van der Waals surface area contributed by atoms with E-state index in [4.69, 9.17) is 11.6 Å². The summed E-state index contributed by atoms with van der Waals surface area (Å²) in [5.41, 5.74) is 6.17. The van der Waals surface area contributed by atoms with Crippen molar-refractivity contribution in [1.82, 2.24) is 0 Å². The van der Waals surface area contributed by atoms with Crippen LogP contribution in [0, 0.1) is 6.92 Å². The molecule has 32 heavy (non-hydrogen) atoms. The highest BCUT2D eigenvalue weighted by molar-refractivity contribution is 6.30. The van der Waals surface area contributed by atoms with E-state index in [1.807, 2.05) is 91.9 Å². The molecule has 0 aliphatic carbocycles. The lowest BCUT2D eigenvalue weighted by Gasteiger charge is -2.05. The second kappa shape index (κ2) is 11.2. The van der Waals surface area contributed by atoms with Crippen LogP contribution in [0.1, 0.15) is 49.4 Å². The minimum absolute atomic E-state index is 0.0536. The highest BCUT2D eigenvalue weighted by atomic mass is 35.5. The van der Waals surface area contributed by atoms with Crippen LogP contribution >= 0.6 is 11.6 Å². The summed E-state index contributed by atoms with van der Waals surface area (Å²) in [4.78, 5) is 23.8. The molecule has 0 aliphatic rings. The van der Waals surface area contributed by atoms with Crippen molar-refractivity contribution in [3.63, 3.8) is 0 Å². The Morgan fingerprint density at radius 2 is 1.72 bits per heavy atom. The molecular formula is C29H25ClO2. The number of benzene rings is 3. The van der Waals surface area contributed by atoms with E-state index < -0.39 is 0 Å². The zero-order valence-electron chi connectivity index (χ0n) is 18.1. The largest absolute Gasteiger partial charge is 0.298 e. The molecule has 0 saturated carbocycles. The van der Waals surface area contributed by atoms with Crippen LogP contribution in [0.25, 0.3) is 12.2 Å². The van der Waals surface area contributed by atoms with Gasteiger partial charge in [-0.3, -0.25) is 9.59 Å². The van der Waals surface area contributed by atoms with E-state index in [0.29, 0.717) is 24.0 Å². The van der Waals surface area contributed by atoms with E-state index in [9.17, 15) is 9.59 Å². The summed E-state index contributed by atoms with van der Waals surface area (Å²) in [6, 6.07) is 20.7. The second-order valence-corrected chi connectivity index (χ2v) is 8.04. The van der Waals surface area contributed by atoms with Gasteiger partial charge in [0.05, 0.1) is 0 Å². The lowest BCUT2D eigenvalue weighted by molar-refractivity contribution is 0.0981.